The molecule has 2 aromatic heterocycles. The fourth-order valence-corrected chi connectivity index (χ4v) is 5.14. The summed E-state index contributed by atoms with van der Waals surface area (Å²) < 4.78 is 11.8. The lowest BCUT2D eigenvalue weighted by atomic mass is 9.83. The van der Waals surface area contributed by atoms with E-state index < -0.39 is 11.7 Å². The zero-order chi connectivity index (χ0) is 24.8. The van der Waals surface area contributed by atoms with Crippen molar-refractivity contribution in [3.63, 3.8) is 0 Å². The molecule has 2 N–H and O–H groups in total. The number of aromatic nitrogens is 3. The van der Waals surface area contributed by atoms with Crippen LogP contribution in [0.15, 0.2) is 28.9 Å². The fourth-order valence-electron chi connectivity index (χ4n) is 4.65. The van der Waals surface area contributed by atoms with Gasteiger partial charge in [-0.05, 0) is 45.7 Å². The summed E-state index contributed by atoms with van der Waals surface area (Å²) in [5.41, 5.74) is 7.21. The van der Waals surface area contributed by atoms with Crippen LogP contribution < -0.4 is 15.2 Å². The third-order valence-electron chi connectivity index (χ3n) is 6.63. The predicted octanol–water partition coefficient (Wildman–Crippen LogP) is 4.15. The number of nitrogens with two attached hydrogens (primary N) is 1. The number of likely N-dealkylation sites (N-methyl/N-ethyl adjacent to an activating group) is 1. The largest absolute Gasteiger partial charge is 0.476 e. The molecule has 1 aliphatic carbocycles. The van der Waals surface area contributed by atoms with Gasteiger partial charge in [-0.1, -0.05) is 31.1 Å². The zero-order valence-electron chi connectivity index (χ0n) is 20.4. The lowest BCUT2D eigenvalue weighted by molar-refractivity contribution is -0.123. The molecule has 0 unspecified atom stereocenters. The number of thiazole rings is 1. The molecule has 2 aliphatic rings. The van der Waals surface area contributed by atoms with Gasteiger partial charge >= 0.3 is 0 Å². The first kappa shape index (κ1) is 25.2. The summed E-state index contributed by atoms with van der Waals surface area (Å²) in [6.45, 7) is 3.46. The van der Waals surface area contributed by atoms with E-state index in [2.05, 4.69) is 26.9 Å². The zero-order valence-corrected chi connectivity index (χ0v) is 21.2. The molecule has 1 saturated carbocycles. The summed E-state index contributed by atoms with van der Waals surface area (Å²) in [5.74, 6) is -0.326. The molecule has 2 atom stereocenters. The molecule has 0 aromatic carbocycles. The van der Waals surface area contributed by atoms with E-state index in [0.29, 0.717) is 48.8 Å². The number of carbonyl (C=O) groups excluding carboxylic acids is 2. The number of hydrogen-bond acceptors (Lipinski definition) is 10. The normalized spacial score (nSPS) is 21.6. The maximum Gasteiger partial charge on any atom is 0.279 e. The van der Waals surface area contributed by atoms with Crippen LogP contribution in [0, 0.1) is 5.92 Å². The minimum atomic E-state index is -0.419. The summed E-state index contributed by atoms with van der Waals surface area (Å²) in [6, 6.07) is 1.86. The van der Waals surface area contributed by atoms with E-state index in [9.17, 15) is 9.59 Å². The smallest absolute Gasteiger partial charge is 0.279 e. The fraction of sp³-hybridized carbons (Fsp3) is 0.560. The Bertz CT molecular complexity index is 1070. The van der Waals surface area contributed by atoms with Crippen LogP contribution in [0.3, 0.4) is 0 Å². The Kier molecular flexibility index (Phi) is 8.46. The number of ether oxygens (including phenoxy) is 2. The molecule has 2 fully saturated rings. The average molecular weight is 500 g/mol. The molecular weight excluding hydrogens is 466 g/mol. The number of Topliss-reactive ketones (excluding diaryl/α,β-unsaturated/α-hetero) is 2. The second-order valence-electron chi connectivity index (χ2n) is 9.13. The van der Waals surface area contributed by atoms with Gasteiger partial charge < -0.3 is 20.1 Å². The Balaban J connectivity index is 1.64. The van der Waals surface area contributed by atoms with E-state index in [1.807, 2.05) is 6.92 Å². The number of ketones is 2. The number of likely N-dealkylation sites (tertiary alicyclic amines) is 1. The van der Waals surface area contributed by atoms with Crippen LogP contribution in [0.4, 0.5) is 0 Å². The molecule has 3 heterocycles. The van der Waals surface area contributed by atoms with E-state index in [1.54, 1.807) is 17.6 Å². The Morgan fingerprint density at radius 2 is 2.06 bits per heavy atom. The van der Waals surface area contributed by atoms with Gasteiger partial charge in [0.15, 0.2) is 0 Å². The summed E-state index contributed by atoms with van der Waals surface area (Å²) in [5, 5.41) is 2.19. The molecule has 35 heavy (non-hydrogen) atoms. The molecule has 2 aromatic rings. The van der Waals surface area contributed by atoms with Crippen LogP contribution in [0.1, 0.15) is 68.9 Å². The van der Waals surface area contributed by atoms with Crippen LogP contribution in [0.25, 0.3) is 0 Å². The third-order valence-corrected chi connectivity index (χ3v) is 7.28. The van der Waals surface area contributed by atoms with Gasteiger partial charge in [-0.15, -0.1) is 0 Å². The number of nitrogens with zero attached hydrogens (tertiary/aromatic N) is 4. The first-order valence-electron chi connectivity index (χ1n) is 12.3. The summed E-state index contributed by atoms with van der Waals surface area (Å²) in [6.07, 6.45) is 7.91. The Labute approximate surface area is 209 Å². The molecule has 0 bridgehead atoms. The molecule has 9 nitrogen and oxygen atoms in total. The van der Waals surface area contributed by atoms with E-state index in [-0.39, 0.29) is 29.4 Å². The molecule has 0 spiro atoms. The maximum absolute atomic E-state index is 13.6. The van der Waals surface area contributed by atoms with Crippen molar-refractivity contribution in [2.45, 2.75) is 64.3 Å². The van der Waals surface area contributed by atoms with Gasteiger partial charge in [0.25, 0.3) is 5.19 Å². The Morgan fingerprint density at radius 1 is 1.23 bits per heavy atom. The standard InChI is InChI=1S/C25H33N5O4S/c1-3-7-18(22(26)17-9-4-5-10-19(17)31)23(32)24-28-20(33-15-16-8-6-12-30(16)2)14-21(29-24)34-25-27-11-13-35-25/h11,13-14,16-17H,3-10,12,15,26H2,1-2H3/t16-,17-/m0/s1. The van der Waals surface area contributed by atoms with E-state index in [0.717, 1.165) is 32.2 Å². The highest BCUT2D eigenvalue weighted by atomic mass is 32.1. The summed E-state index contributed by atoms with van der Waals surface area (Å²) in [4.78, 5) is 41.3. The monoisotopic (exact) mass is 499 g/mol. The van der Waals surface area contributed by atoms with E-state index >= 15 is 0 Å². The molecule has 0 amide bonds. The summed E-state index contributed by atoms with van der Waals surface area (Å²) >= 11 is 1.32. The predicted molar refractivity (Wildman–Crippen MR) is 133 cm³/mol. The average Bonchev–Trinajstić information content (AvgIpc) is 3.52. The van der Waals surface area contributed by atoms with Crippen LogP contribution in [0.5, 0.6) is 17.0 Å². The van der Waals surface area contributed by atoms with Crippen LogP contribution in [-0.2, 0) is 4.79 Å². The quantitative estimate of drug-likeness (QED) is 0.379. The highest BCUT2D eigenvalue weighted by Crippen LogP contribution is 2.30. The minimum absolute atomic E-state index is 0.0523. The SMILES string of the molecule is CCCC(C(=O)c1nc(OC[C@@H]2CCCN2C)cc(Oc2nccs2)n1)=C(N)[C@H]1CCCCC1=O. The molecule has 1 saturated heterocycles. The van der Waals surface area contributed by atoms with Crippen molar-refractivity contribution >= 4 is 22.9 Å². The molecule has 4 rings (SSSR count). The topological polar surface area (TPSA) is 121 Å². The number of allylic oxidation sites excluding steroid dienone is 2. The Morgan fingerprint density at radius 3 is 2.74 bits per heavy atom. The van der Waals surface area contributed by atoms with Gasteiger partial charge in [0.2, 0.25) is 23.4 Å². The maximum atomic E-state index is 13.6. The van der Waals surface area contributed by atoms with Crippen molar-refractivity contribution in [3.05, 3.63) is 34.7 Å². The number of rotatable bonds is 10. The van der Waals surface area contributed by atoms with Crippen LogP contribution in [-0.4, -0.2) is 57.7 Å². The van der Waals surface area contributed by atoms with Crippen molar-refractivity contribution in [2.24, 2.45) is 11.7 Å². The van der Waals surface area contributed by atoms with Crippen LogP contribution >= 0.6 is 11.3 Å². The lowest BCUT2D eigenvalue weighted by Gasteiger charge is -2.23. The number of hydrogen-bond donors (Lipinski definition) is 1. The second kappa shape index (κ2) is 11.7. The van der Waals surface area contributed by atoms with Crippen molar-refractivity contribution in [2.75, 3.05) is 20.2 Å². The summed E-state index contributed by atoms with van der Waals surface area (Å²) in [7, 11) is 2.07. The first-order valence-corrected chi connectivity index (χ1v) is 13.2. The molecule has 188 valence electrons. The second-order valence-corrected chi connectivity index (χ2v) is 9.99. The van der Waals surface area contributed by atoms with Crippen LogP contribution in [0.2, 0.25) is 0 Å². The highest BCUT2D eigenvalue weighted by molar-refractivity contribution is 7.11. The molecular formula is C25H33N5O4S. The van der Waals surface area contributed by atoms with Gasteiger partial charge in [0.1, 0.15) is 12.4 Å². The van der Waals surface area contributed by atoms with Gasteiger partial charge in [-0.2, -0.15) is 9.97 Å². The molecule has 1 aliphatic heterocycles. The third kappa shape index (κ3) is 6.24. The molecule has 10 heteroatoms. The highest BCUT2D eigenvalue weighted by Gasteiger charge is 2.30. The van der Waals surface area contributed by atoms with Gasteiger partial charge in [-0.25, -0.2) is 4.98 Å². The minimum Gasteiger partial charge on any atom is -0.476 e. The number of carbonyl (C=O) groups is 2. The molecule has 0 radical (unpaired) electrons. The Hall–Kier alpha value is -2.85. The van der Waals surface area contributed by atoms with Crippen molar-refractivity contribution < 1.29 is 19.1 Å². The van der Waals surface area contributed by atoms with E-state index in [1.165, 1.54) is 11.3 Å². The van der Waals surface area contributed by atoms with Gasteiger partial charge in [0.05, 0.1) is 12.0 Å². The van der Waals surface area contributed by atoms with Gasteiger partial charge in [-0.3, -0.25) is 9.59 Å². The van der Waals surface area contributed by atoms with Crippen molar-refractivity contribution in [1.82, 2.24) is 19.9 Å². The van der Waals surface area contributed by atoms with E-state index in [4.69, 9.17) is 15.2 Å². The van der Waals surface area contributed by atoms with Crippen molar-refractivity contribution in [1.29, 1.82) is 0 Å². The van der Waals surface area contributed by atoms with Crippen molar-refractivity contribution in [3.8, 4) is 17.0 Å². The lowest BCUT2D eigenvalue weighted by Crippen LogP contribution is -2.31. The first-order chi connectivity index (χ1) is 17.0. The van der Waals surface area contributed by atoms with Gasteiger partial charge in [0, 0.05) is 35.3 Å².